The zero-order valence-corrected chi connectivity index (χ0v) is 14.8. The largest absolute Gasteiger partial charge is 0.345 e. The molecule has 2 aromatic rings. The quantitative estimate of drug-likeness (QED) is 0.854. The van der Waals surface area contributed by atoms with E-state index in [1.807, 2.05) is 35.9 Å². The SMILES string of the molecule is Cn1c(C(=O)NC23CC4CC(CC(C4)C2)C3)c(Cl)c2ccccc21. The molecule has 126 valence electrons. The van der Waals surface area contributed by atoms with Gasteiger partial charge in [0.2, 0.25) is 0 Å². The van der Waals surface area contributed by atoms with E-state index in [9.17, 15) is 4.79 Å². The zero-order valence-electron chi connectivity index (χ0n) is 14.0. The summed E-state index contributed by atoms with van der Waals surface area (Å²) in [4.78, 5) is 13.1. The van der Waals surface area contributed by atoms with Crippen LogP contribution in [-0.2, 0) is 7.05 Å². The topological polar surface area (TPSA) is 34.0 Å². The number of amides is 1. The molecular weight excluding hydrogens is 320 g/mol. The highest BCUT2D eigenvalue weighted by Crippen LogP contribution is 2.55. The van der Waals surface area contributed by atoms with Gasteiger partial charge in [0.1, 0.15) is 5.69 Å². The minimum Gasteiger partial charge on any atom is -0.345 e. The lowest BCUT2D eigenvalue weighted by Gasteiger charge is -2.56. The molecule has 1 aromatic heterocycles. The predicted octanol–water partition coefficient (Wildman–Crippen LogP) is 4.53. The summed E-state index contributed by atoms with van der Waals surface area (Å²) in [5.41, 5.74) is 1.64. The van der Waals surface area contributed by atoms with Gasteiger partial charge in [0.15, 0.2) is 0 Å². The average molecular weight is 343 g/mol. The maximum Gasteiger partial charge on any atom is 0.269 e. The van der Waals surface area contributed by atoms with Crippen LogP contribution < -0.4 is 5.32 Å². The Bertz CT molecular complexity index is 763. The highest BCUT2D eigenvalue weighted by molar-refractivity contribution is 6.38. The van der Waals surface area contributed by atoms with E-state index < -0.39 is 0 Å². The maximum absolute atomic E-state index is 13.1. The lowest BCUT2D eigenvalue weighted by Crippen LogP contribution is -2.60. The minimum absolute atomic E-state index is 0.000602. The number of carbonyl (C=O) groups excluding carboxylic acids is 1. The van der Waals surface area contributed by atoms with Gasteiger partial charge in [0.05, 0.1) is 5.02 Å². The molecule has 1 heterocycles. The minimum atomic E-state index is 0.000602. The van der Waals surface area contributed by atoms with Crippen molar-refractivity contribution < 1.29 is 4.79 Å². The van der Waals surface area contributed by atoms with Crippen molar-refractivity contribution in [1.29, 1.82) is 0 Å². The first-order valence-electron chi connectivity index (χ1n) is 9.10. The Morgan fingerprint density at radius 3 is 2.29 bits per heavy atom. The predicted molar refractivity (Wildman–Crippen MR) is 96.3 cm³/mol. The van der Waals surface area contributed by atoms with Crippen molar-refractivity contribution in [3.05, 3.63) is 35.0 Å². The van der Waals surface area contributed by atoms with Crippen molar-refractivity contribution in [3.8, 4) is 0 Å². The molecule has 24 heavy (non-hydrogen) atoms. The summed E-state index contributed by atoms with van der Waals surface area (Å²) < 4.78 is 1.94. The molecule has 0 spiro atoms. The smallest absolute Gasteiger partial charge is 0.269 e. The third-order valence-electron chi connectivity index (χ3n) is 6.68. The van der Waals surface area contributed by atoms with Crippen molar-refractivity contribution in [2.45, 2.75) is 44.1 Å². The number of halogens is 1. The monoisotopic (exact) mass is 342 g/mol. The van der Waals surface area contributed by atoms with Gasteiger partial charge < -0.3 is 9.88 Å². The third kappa shape index (κ3) is 2.07. The number of rotatable bonds is 2. The van der Waals surface area contributed by atoms with Crippen LogP contribution >= 0.6 is 11.6 Å². The summed E-state index contributed by atoms with van der Waals surface area (Å²) in [6.45, 7) is 0. The second-order valence-corrected chi connectivity index (χ2v) is 8.77. The number of benzene rings is 1. The average Bonchev–Trinajstić information content (AvgIpc) is 2.77. The van der Waals surface area contributed by atoms with Gasteiger partial charge in [-0.15, -0.1) is 0 Å². The summed E-state index contributed by atoms with van der Waals surface area (Å²) >= 11 is 6.56. The molecule has 0 saturated heterocycles. The fourth-order valence-corrected chi connectivity index (χ4v) is 6.54. The fraction of sp³-hybridized carbons (Fsp3) is 0.550. The summed E-state index contributed by atoms with van der Waals surface area (Å²) in [6.07, 6.45) is 7.61. The first-order chi connectivity index (χ1) is 11.5. The number of hydrogen-bond acceptors (Lipinski definition) is 1. The molecule has 4 heteroatoms. The Balaban J connectivity index is 1.49. The van der Waals surface area contributed by atoms with Gasteiger partial charge in [-0.2, -0.15) is 0 Å². The molecule has 4 fully saturated rings. The standard InChI is InChI=1S/C20H23ClN2O/c1-23-16-5-3-2-4-15(16)17(21)18(23)19(24)22-20-9-12-6-13(10-20)8-14(7-12)11-20/h2-5,12-14H,6-11H2,1H3,(H,22,24). The molecule has 1 aromatic carbocycles. The molecular formula is C20H23ClN2O. The first-order valence-corrected chi connectivity index (χ1v) is 9.48. The molecule has 4 aliphatic carbocycles. The molecule has 6 rings (SSSR count). The van der Waals surface area contributed by atoms with Crippen LogP contribution in [0.5, 0.6) is 0 Å². The Kier molecular flexibility index (Phi) is 3.10. The number of aromatic nitrogens is 1. The highest BCUT2D eigenvalue weighted by Gasteiger charge is 2.51. The second kappa shape index (κ2) is 5.01. The normalized spacial score (nSPS) is 34.0. The molecule has 4 bridgehead atoms. The van der Waals surface area contributed by atoms with Gasteiger partial charge in [0.25, 0.3) is 5.91 Å². The van der Waals surface area contributed by atoms with E-state index >= 15 is 0 Å². The summed E-state index contributed by atoms with van der Waals surface area (Å²) in [6, 6.07) is 7.95. The second-order valence-electron chi connectivity index (χ2n) is 8.39. The van der Waals surface area contributed by atoms with Crippen LogP contribution in [0.4, 0.5) is 0 Å². The fourth-order valence-electron chi connectivity index (χ4n) is 6.16. The van der Waals surface area contributed by atoms with Crippen LogP contribution in [0.15, 0.2) is 24.3 Å². The van der Waals surface area contributed by atoms with Crippen LogP contribution in [0, 0.1) is 17.8 Å². The molecule has 0 aliphatic heterocycles. The number of nitrogens with zero attached hydrogens (tertiary/aromatic N) is 1. The van der Waals surface area contributed by atoms with Crippen molar-refractivity contribution >= 4 is 28.4 Å². The molecule has 3 nitrogen and oxygen atoms in total. The lowest BCUT2D eigenvalue weighted by atomic mass is 9.53. The van der Waals surface area contributed by atoms with Crippen molar-refractivity contribution in [2.24, 2.45) is 24.8 Å². The van der Waals surface area contributed by atoms with E-state index in [2.05, 4.69) is 5.32 Å². The van der Waals surface area contributed by atoms with E-state index in [0.717, 1.165) is 47.9 Å². The first kappa shape index (κ1) is 14.8. The van der Waals surface area contributed by atoms with Gasteiger partial charge in [-0.05, 0) is 62.3 Å². The lowest BCUT2D eigenvalue weighted by molar-refractivity contribution is -0.0168. The molecule has 0 unspecified atom stereocenters. The number of para-hydroxylation sites is 1. The van der Waals surface area contributed by atoms with E-state index in [1.165, 1.54) is 19.3 Å². The summed E-state index contributed by atoms with van der Waals surface area (Å²) in [7, 11) is 1.93. The Hall–Kier alpha value is -1.48. The van der Waals surface area contributed by atoms with E-state index in [0.29, 0.717) is 10.7 Å². The molecule has 4 saturated carbocycles. The van der Waals surface area contributed by atoms with Gasteiger partial charge >= 0.3 is 0 Å². The van der Waals surface area contributed by atoms with E-state index in [4.69, 9.17) is 11.6 Å². The van der Waals surface area contributed by atoms with Crippen LogP contribution in [0.25, 0.3) is 10.9 Å². The number of fused-ring (bicyclic) bond motifs is 1. The van der Waals surface area contributed by atoms with Crippen molar-refractivity contribution in [2.75, 3.05) is 0 Å². The van der Waals surface area contributed by atoms with Gasteiger partial charge in [-0.3, -0.25) is 4.79 Å². The van der Waals surface area contributed by atoms with Crippen LogP contribution in [0.1, 0.15) is 49.0 Å². The number of nitrogens with one attached hydrogen (secondary N) is 1. The summed E-state index contributed by atoms with van der Waals surface area (Å²) in [5, 5.41) is 4.97. The van der Waals surface area contributed by atoms with Gasteiger partial charge in [0, 0.05) is 23.5 Å². The Labute approximate surface area is 147 Å². The number of carbonyl (C=O) groups is 1. The highest BCUT2D eigenvalue weighted by atomic mass is 35.5. The molecule has 0 atom stereocenters. The van der Waals surface area contributed by atoms with Crippen LogP contribution in [0.2, 0.25) is 5.02 Å². The van der Waals surface area contributed by atoms with Crippen molar-refractivity contribution in [1.82, 2.24) is 9.88 Å². The van der Waals surface area contributed by atoms with E-state index in [1.54, 1.807) is 0 Å². The van der Waals surface area contributed by atoms with Crippen LogP contribution in [0.3, 0.4) is 0 Å². The zero-order chi connectivity index (χ0) is 16.5. The summed E-state index contributed by atoms with van der Waals surface area (Å²) in [5.74, 6) is 2.46. The third-order valence-corrected chi connectivity index (χ3v) is 7.06. The number of hydrogen-bond donors (Lipinski definition) is 1. The molecule has 1 amide bonds. The Morgan fingerprint density at radius 2 is 1.71 bits per heavy atom. The van der Waals surface area contributed by atoms with Gasteiger partial charge in [-0.25, -0.2) is 0 Å². The van der Waals surface area contributed by atoms with Crippen LogP contribution in [-0.4, -0.2) is 16.0 Å². The number of aryl methyl sites for hydroxylation is 1. The molecule has 4 aliphatic rings. The maximum atomic E-state index is 13.1. The van der Waals surface area contributed by atoms with Gasteiger partial charge in [-0.1, -0.05) is 29.8 Å². The van der Waals surface area contributed by atoms with Crippen molar-refractivity contribution in [3.63, 3.8) is 0 Å². The molecule has 0 radical (unpaired) electrons. The van der Waals surface area contributed by atoms with E-state index in [-0.39, 0.29) is 11.4 Å². The molecule has 1 N–H and O–H groups in total. The Morgan fingerprint density at radius 1 is 1.12 bits per heavy atom.